The van der Waals surface area contributed by atoms with Crippen LogP contribution in [-0.4, -0.2) is 50.4 Å². The van der Waals surface area contributed by atoms with Crippen LogP contribution in [0.1, 0.15) is 50.0 Å². The van der Waals surface area contributed by atoms with Crippen LogP contribution < -0.4 is 14.8 Å². The van der Waals surface area contributed by atoms with E-state index in [0.717, 1.165) is 31.2 Å². The average Bonchev–Trinajstić information content (AvgIpc) is 3.46. The van der Waals surface area contributed by atoms with Crippen molar-refractivity contribution in [2.75, 3.05) is 11.3 Å². The van der Waals surface area contributed by atoms with Crippen molar-refractivity contribution >= 4 is 21.6 Å². The van der Waals surface area contributed by atoms with Crippen LogP contribution in [0, 0.1) is 0 Å². The Kier molecular flexibility index (Phi) is 6.50. The number of nitrogens with one attached hydrogen (secondary N) is 2. The molecule has 3 aliphatic rings. The Balaban J connectivity index is 1.32. The Morgan fingerprint density at radius 1 is 1.09 bits per heavy atom. The third-order valence-corrected chi connectivity index (χ3v) is 8.34. The molecule has 1 aliphatic carbocycles. The van der Waals surface area contributed by atoms with Crippen LogP contribution in [0.4, 0.5) is 5.69 Å². The molecule has 2 aromatic rings. The van der Waals surface area contributed by atoms with Crippen molar-refractivity contribution in [2.24, 2.45) is 0 Å². The summed E-state index contributed by atoms with van der Waals surface area (Å²) in [4.78, 5) is 12.8. The van der Waals surface area contributed by atoms with E-state index in [1.54, 1.807) is 48.5 Å². The average molecular weight is 487 g/mol. The van der Waals surface area contributed by atoms with Gasteiger partial charge in [0.15, 0.2) is 0 Å². The van der Waals surface area contributed by atoms with Crippen molar-refractivity contribution in [1.29, 1.82) is 0 Å². The standard InChI is InChI=1S/C25H30N2O6S/c28-15-23-25-21(13-18(32-23)14-24(29)26-16-6-4-5-7-16)20-12-17(10-11-22(20)33-25)27-34(30,31)19-8-2-1-3-9-19/h1-3,8-12,16,18,21,23,25,27-28H,4-7,13-15H2,(H,26,29)/t18-,21+,23-,25-/m0/s1. The van der Waals surface area contributed by atoms with E-state index in [4.69, 9.17) is 9.47 Å². The Hall–Kier alpha value is -2.62. The fourth-order valence-corrected chi connectivity index (χ4v) is 6.40. The quantitative estimate of drug-likeness (QED) is 0.555. The summed E-state index contributed by atoms with van der Waals surface area (Å²) < 4.78 is 40.3. The van der Waals surface area contributed by atoms with Gasteiger partial charge in [0.2, 0.25) is 5.91 Å². The first kappa shape index (κ1) is 23.1. The van der Waals surface area contributed by atoms with Crippen LogP contribution in [0.25, 0.3) is 0 Å². The number of amides is 1. The Bertz CT molecular complexity index is 1130. The summed E-state index contributed by atoms with van der Waals surface area (Å²) >= 11 is 0. The molecular formula is C25H30N2O6S. The molecule has 8 nitrogen and oxygen atoms in total. The number of carbonyl (C=O) groups excluding carboxylic acids is 1. The molecule has 2 aliphatic heterocycles. The van der Waals surface area contributed by atoms with Gasteiger partial charge < -0.3 is 19.9 Å². The Labute approximate surface area is 199 Å². The van der Waals surface area contributed by atoms with E-state index in [1.165, 1.54) is 0 Å². The van der Waals surface area contributed by atoms with Crippen LogP contribution in [0.15, 0.2) is 53.4 Å². The van der Waals surface area contributed by atoms with Gasteiger partial charge in [0.1, 0.15) is 18.0 Å². The molecule has 2 aromatic carbocycles. The zero-order chi connectivity index (χ0) is 23.7. The second kappa shape index (κ2) is 9.56. The molecule has 34 heavy (non-hydrogen) atoms. The van der Waals surface area contributed by atoms with E-state index in [2.05, 4.69) is 10.0 Å². The zero-order valence-electron chi connectivity index (χ0n) is 18.9. The molecule has 9 heteroatoms. The molecule has 3 N–H and O–H groups in total. The molecule has 1 saturated heterocycles. The van der Waals surface area contributed by atoms with Crippen molar-refractivity contribution in [2.45, 2.75) is 73.7 Å². The first-order valence-corrected chi connectivity index (χ1v) is 13.4. The van der Waals surface area contributed by atoms with Crippen molar-refractivity contribution in [3.8, 4) is 5.75 Å². The molecule has 1 amide bonds. The number of benzene rings is 2. The summed E-state index contributed by atoms with van der Waals surface area (Å²) in [6.45, 7) is -0.219. The Morgan fingerprint density at radius 2 is 1.85 bits per heavy atom. The van der Waals surface area contributed by atoms with Crippen LogP contribution in [0.3, 0.4) is 0 Å². The first-order valence-electron chi connectivity index (χ1n) is 11.9. The van der Waals surface area contributed by atoms with Gasteiger partial charge in [-0.25, -0.2) is 8.42 Å². The predicted molar refractivity (Wildman–Crippen MR) is 126 cm³/mol. The molecule has 2 fully saturated rings. The summed E-state index contributed by atoms with van der Waals surface area (Å²) in [5, 5.41) is 13.0. The SMILES string of the molecule is O=C(C[C@@H]1C[C@@H]2c3cc(NS(=O)(=O)c4ccccc4)ccc3O[C@@H]2[C@H](CO)O1)NC1CCCC1. The minimum Gasteiger partial charge on any atom is -0.487 e. The minimum absolute atomic E-state index is 0.0319. The van der Waals surface area contributed by atoms with Crippen LogP contribution >= 0.6 is 0 Å². The van der Waals surface area contributed by atoms with E-state index in [1.807, 2.05) is 0 Å². The third kappa shape index (κ3) is 4.78. The lowest BCUT2D eigenvalue weighted by atomic mass is 9.84. The molecule has 0 radical (unpaired) electrons. The molecule has 0 unspecified atom stereocenters. The van der Waals surface area contributed by atoms with E-state index in [0.29, 0.717) is 17.9 Å². The van der Waals surface area contributed by atoms with Crippen LogP contribution in [0.2, 0.25) is 0 Å². The molecular weight excluding hydrogens is 456 g/mol. The molecule has 0 spiro atoms. The van der Waals surface area contributed by atoms with Gasteiger partial charge in [0, 0.05) is 23.2 Å². The van der Waals surface area contributed by atoms with Crippen LogP contribution in [0.5, 0.6) is 5.75 Å². The van der Waals surface area contributed by atoms with Gasteiger partial charge in [-0.15, -0.1) is 0 Å². The molecule has 182 valence electrons. The maximum atomic E-state index is 12.8. The van der Waals surface area contributed by atoms with Crippen LogP contribution in [-0.2, 0) is 19.6 Å². The van der Waals surface area contributed by atoms with Gasteiger partial charge in [-0.1, -0.05) is 31.0 Å². The number of fused-ring (bicyclic) bond motifs is 3. The highest BCUT2D eigenvalue weighted by Crippen LogP contribution is 2.47. The third-order valence-electron chi connectivity index (χ3n) is 6.94. The van der Waals surface area contributed by atoms with Gasteiger partial charge >= 0.3 is 0 Å². The van der Waals surface area contributed by atoms with Gasteiger partial charge in [-0.2, -0.15) is 0 Å². The number of aliphatic hydroxyl groups excluding tert-OH is 1. The van der Waals surface area contributed by atoms with E-state index in [9.17, 15) is 18.3 Å². The molecule has 0 bridgehead atoms. The summed E-state index contributed by atoms with van der Waals surface area (Å²) in [5.41, 5.74) is 1.30. The molecule has 4 atom stereocenters. The number of aliphatic hydroxyl groups is 1. The number of sulfonamides is 1. The molecule has 5 rings (SSSR count). The maximum absolute atomic E-state index is 12.8. The number of rotatable bonds is 7. The van der Waals surface area contributed by atoms with E-state index < -0.39 is 16.1 Å². The van der Waals surface area contributed by atoms with Crippen molar-refractivity contribution in [3.63, 3.8) is 0 Å². The minimum atomic E-state index is -3.72. The summed E-state index contributed by atoms with van der Waals surface area (Å²) in [6.07, 6.45) is 3.83. The van der Waals surface area contributed by atoms with Gasteiger partial charge in [-0.3, -0.25) is 9.52 Å². The first-order chi connectivity index (χ1) is 16.4. The summed E-state index contributed by atoms with van der Waals surface area (Å²) in [7, 11) is -3.72. The number of carbonyl (C=O) groups is 1. The second-order valence-electron chi connectivity index (χ2n) is 9.33. The highest BCUT2D eigenvalue weighted by Gasteiger charge is 2.46. The smallest absolute Gasteiger partial charge is 0.261 e. The monoisotopic (exact) mass is 486 g/mol. The fraction of sp³-hybridized carbons (Fsp3) is 0.480. The van der Waals surface area contributed by atoms with E-state index in [-0.39, 0.29) is 48.0 Å². The zero-order valence-corrected chi connectivity index (χ0v) is 19.7. The van der Waals surface area contributed by atoms with Gasteiger partial charge in [0.25, 0.3) is 10.0 Å². The Morgan fingerprint density at radius 3 is 2.59 bits per heavy atom. The lowest BCUT2D eigenvalue weighted by Gasteiger charge is -2.37. The number of hydrogen-bond donors (Lipinski definition) is 3. The highest BCUT2D eigenvalue weighted by atomic mass is 32.2. The molecule has 2 heterocycles. The summed E-state index contributed by atoms with van der Waals surface area (Å²) in [6, 6.07) is 13.6. The lowest BCUT2D eigenvalue weighted by molar-refractivity contribution is -0.142. The number of anilines is 1. The maximum Gasteiger partial charge on any atom is 0.261 e. The summed E-state index contributed by atoms with van der Waals surface area (Å²) in [5.74, 6) is 0.512. The molecule has 1 saturated carbocycles. The van der Waals surface area contributed by atoms with Gasteiger partial charge in [0.05, 0.1) is 24.0 Å². The van der Waals surface area contributed by atoms with Crippen molar-refractivity contribution < 1.29 is 27.8 Å². The second-order valence-corrected chi connectivity index (χ2v) is 11.0. The van der Waals surface area contributed by atoms with Gasteiger partial charge in [-0.05, 0) is 49.6 Å². The number of hydrogen-bond acceptors (Lipinski definition) is 6. The fourth-order valence-electron chi connectivity index (χ4n) is 5.33. The molecule has 0 aromatic heterocycles. The van der Waals surface area contributed by atoms with Crippen molar-refractivity contribution in [3.05, 3.63) is 54.1 Å². The van der Waals surface area contributed by atoms with E-state index >= 15 is 0 Å². The number of ether oxygens (including phenoxy) is 2. The normalized spacial score (nSPS) is 26.4. The largest absolute Gasteiger partial charge is 0.487 e. The lowest BCUT2D eigenvalue weighted by Crippen LogP contribution is -2.47. The highest BCUT2D eigenvalue weighted by molar-refractivity contribution is 7.92. The van der Waals surface area contributed by atoms with Crippen molar-refractivity contribution in [1.82, 2.24) is 5.32 Å². The predicted octanol–water partition coefficient (Wildman–Crippen LogP) is 2.93. The topological polar surface area (TPSA) is 114 Å².